The van der Waals surface area contributed by atoms with Gasteiger partial charge in [0, 0.05) is 16.1 Å². The second-order valence-corrected chi connectivity index (χ2v) is 9.99. The van der Waals surface area contributed by atoms with Crippen LogP contribution in [-0.2, 0) is 9.53 Å². The molecule has 4 aromatic rings. The Balaban J connectivity index is 1.63. The second-order valence-electron chi connectivity index (χ2n) is 8.06. The lowest BCUT2D eigenvalue weighted by atomic mass is 9.96. The van der Waals surface area contributed by atoms with Crippen LogP contribution in [0.4, 0.5) is 4.39 Å². The van der Waals surface area contributed by atoms with E-state index in [0.29, 0.717) is 32.1 Å². The van der Waals surface area contributed by atoms with Gasteiger partial charge in [-0.05, 0) is 55.8 Å². The minimum absolute atomic E-state index is 0.176. The number of furan rings is 1. The molecule has 0 saturated heterocycles. The van der Waals surface area contributed by atoms with Gasteiger partial charge < -0.3 is 9.15 Å². The van der Waals surface area contributed by atoms with E-state index in [1.165, 1.54) is 28.0 Å². The number of benzene rings is 2. The summed E-state index contributed by atoms with van der Waals surface area (Å²) in [6, 6.07) is 16.3. The van der Waals surface area contributed by atoms with Gasteiger partial charge in [-0.3, -0.25) is 9.36 Å². The number of esters is 1. The van der Waals surface area contributed by atoms with E-state index in [-0.39, 0.29) is 17.7 Å². The number of thiazole rings is 1. The van der Waals surface area contributed by atoms with Crippen LogP contribution < -0.4 is 14.9 Å². The van der Waals surface area contributed by atoms with Crippen molar-refractivity contribution in [2.24, 2.45) is 4.99 Å². The predicted octanol–water partition coefficient (Wildman–Crippen LogP) is 4.96. The highest BCUT2D eigenvalue weighted by Gasteiger charge is 2.33. The molecule has 0 amide bonds. The molecule has 182 valence electrons. The third kappa shape index (κ3) is 4.52. The van der Waals surface area contributed by atoms with Gasteiger partial charge in [0.05, 0.1) is 28.5 Å². The zero-order chi connectivity index (χ0) is 25.4. The van der Waals surface area contributed by atoms with E-state index < -0.39 is 17.8 Å². The van der Waals surface area contributed by atoms with Gasteiger partial charge in [0.1, 0.15) is 17.3 Å². The first-order valence-corrected chi connectivity index (χ1v) is 12.8. The summed E-state index contributed by atoms with van der Waals surface area (Å²) in [5.74, 6) is 0.209. The van der Waals surface area contributed by atoms with Gasteiger partial charge in [0.15, 0.2) is 4.80 Å². The topological polar surface area (TPSA) is 73.8 Å². The zero-order valence-corrected chi connectivity index (χ0v) is 21.7. The Morgan fingerprint density at radius 2 is 1.89 bits per heavy atom. The van der Waals surface area contributed by atoms with Crippen molar-refractivity contribution in [2.75, 3.05) is 6.61 Å². The molecule has 36 heavy (non-hydrogen) atoms. The van der Waals surface area contributed by atoms with Crippen LogP contribution >= 0.6 is 27.3 Å². The van der Waals surface area contributed by atoms with E-state index in [2.05, 4.69) is 20.9 Å². The average molecular weight is 567 g/mol. The van der Waals surface area contributed by atoms with Crippen molar-refractivity contribution in [3.63, 3.8) is 0 Å². The summed E-state index contributed by atoms with van der Waals surface area (Å²) in [4.78, 5) is 31.5. The molecule has 0 spiro atoms. The van der Waals surface area contributed by atoms with E-state index >= 15 is 0 Å². The lowest BCUT2D eigenvalue weighted by Gasteiger charge is -2.24. The molecule has 0 fully saturated rings. The van der Waals surface area contributed by atoms with Gasteiger partial charge in [-0.2, -0.15) is 0 Å². The minimum Gasteiger partial charge on any atom is -0.463 e. The van der Waals surface area contributed by atoms with E-state index in [4.69, 9.17) is 9.15 Å². The Morgan fingerprint density at radius 1 is 1.17 bits per heavy atom. The Hall–Kier alpha value is -3.56. The molecule has 1 unspecified atom stereocenters. The molecule has 1 aliphatic heterocycles. The largest absolute Gasteiger partial charge is 0.463 e. The van der Waals surface area contributed by atoms with Crippen LogP contribution in [0.25, 0.3) is 17.4 Å². The van der Waals surface area contributed by atoms with Gasteiger partial charge in [0.2, 0.25) is 0 Å². The molecule has 5 rings (SSSR count). The molecule has 1 aliphatic rings. The highest BCUT2D eigenvalue weighted by atomic mass is 79.9. The standard InChI is InChI=1S/C27H20BrFN2O4S/c1-3-34-26(33)23-15(2)30-27-31(24(23)17-6-10-19(29)11-7-17)25(32)22(36-27)14-20-12-13-21(35-20)16-4-8-18(28)9-5-16/h4-14,24H,3H2,1-2H3/b22-14-. The first kappa shape index (κ1) is 24.1. The van der Waals surface area contributed by atoms with Crippen LogP contribution in [-0.4, -0.2) is 17.1 Å². The monoisotopic (exact) mass is 566 g/mol. The maximum Gasteiger partial charge on any atom is 0.338 e. The third-order valence-electron chi connectivity index (χ3n) is 5.73. The normalized spacial score (nSPS) is 15.6. The Labute approximate surface area is 217 Å². The van der Waals surface area contributed by atoms with E-state index in [1.54, 1.807) is 38.1 Å². The lowest BCUT2D eigenvalue weighted by molar-refractivity contribution is -0.139. The predicted molar refractivity (Wildman–Crippen MR) is 139 cm³/mol. The van der Waals surface area contributed by atoms with Crippen LogP contribution in [0.5, 0.6) is 0 Å². The van der Waals surface area contributed by atoms with Crippen molar-refractivity contribution in [1.82, 2.24) is 4.57 Å². The third-order valence-corrected chi connectivity index (χ3v) is 7.24. The number of aromatic nitrogens is 1. The highest BCUT2D eigenvalue weighted by molar-refractivity contribution is 9.10. The number of fused-ring (bicyclic) bond motifs is 1. The van der Waals surface area contributed by atoms with Crippen LogP contribution in [0.1, 0.15) is 31.2 Å². The zero-order valence-electron chi connectivity index (χ0n) is 19.3. The number of ether oxygens (including phenoxy) is 1. The van der Waals surface area contributed by atoms with Gasteiger partial charge >= 0.3 is 5.97 Å². The van der Waals surface area contributed by atoms with Crippen LogP contribution in [0, 0.1) is 5.82 Å². The summed E-state index contributed by atoms with van der Waals surface area (Å²) in [5, 5.41) is 0. The Kier molecular flexibility index (Phi) is 6.59. The number of halogens is 2. The van der Waals surface area contributed by atoms with Crippen molar-refractivity contribution >= 4 is 39.3 Å². The molecule has 2 aromatic heterocycles. The maximum absolute atomic E-state index is 13.7. The smallest absolute Gasteiger partial charge is 0.338 e. The number of rotatable bonds is 5. The van der Waals surface area contributed by atoms with Crippen molar-refractivity contribution in [3.05, 3.63) is 113 Å². The van der Waals surface area contributed by atoms with Crippen LogP contribution in [0.3, 0.4) is 0 Å². The molecule has 0 saturated carbocycles. The first-order chi connectivity index (χ1) is 17.4. The minimum atomic E-state index is -0.794. The van der Waals surface area contributed by atoms with Crippen molar-refractivity contribution in [3.8, 4) is 11.3 Å². The van der Waals surface area contributed by atoms with Crippen LogP contribution in [0.15, 0.2) is 90.6 Å². The van der Waals surface area contributed by atoms with Gasteiger partial charge in [-0.1, -0.05) is 51.5 Å². The maximum atomic E-state index is 13.7. The summed E-state index contributed by atoms with van der Waals surface area (Å²) >= 11 is 4.62. The molecule has 0 bridgehead atoms. The van der Waals surface area contributed by atoms with Crippen LogP contribution in [0.2, 0.25) is 0 Å². The number of nitrogens with zero attached hydrogens (tertiary/aromatic N) is 2. The van der Waals surface area contributed by atoms with Crippen molar-refractivity contribution < 1.29 is 18.3 Å². The number of allylic oxidation sites excluding steroid dienone is 1. The fourth-order valence-electron chi connectivity index (χ4n) is 4.08. The summed E-state index contributed by atoms with van der Waals surface area (Å²) < 4.78 is 27.7. The molecule has 6 nitrogen and oxygen atoms in total. The molecule has 3 heterocycles. The lowest BCUT2D eigenvalue weighted by Crippen LogP contribution is -2.39. The SMILES string of the molecule is CCOC(=O)C1=C(C)N=c2s/c(=C\c3ccc(-c4ccc(Br)cc4)o3)c(=O)n2C1c1ccc(F)cc1. The fraction of sp³-hybridized carbons (Fsp3) is 0.148. The van der Waals surface area contributed by atoms with Crippen molar-refractivity contribution in [2.45, 2.75) is 19.9 Å². The van der Waals surface area contributed by atoms with Gasteiger partial charge in [-0.25, -0.2) is 14.2 Å². The van der Waals surface area contributed by atoms with Gasteiger partial charge in [0.25, 0.3) is 5.56 Å². The molecule has 2 aromatic carbocycles. The summed E-state index contributed by atoms with van der Waals surface area (Å²) in [6.45, 7) is 3.59. The Bertz CT molecular complexity index is 1660. The van der Waals surface area contributed by atoms with E-state index in [1.807, 2.05) is 30.3 Å². The average Bonchev–Trinajstić information content (AvgIpc) is 3.44. The number of hydrogen-bond donors (Lipinski definition) is 0. The number of hydrogen-bond acceptors (Lipinski definition) is 6. The molecule has 0 radical (unpaired) electrons. The summed E-state index contributed by atoms with van der Waals surface area (Å²) in [7, 11) is 0. The molecule has 0 N–H and O–H groups in total. The highest BCUT2D eigenvalue weighted by Crippen LogP contribution is 2.31. The number of carbonyl (C=O) groups is 1. The fourth-order valence-corrected chi connectivity index (χ4v) is 5.37. The van der Waals surface area contributed by atoms with E-state index in [9.17, 15) is 14.0 Å². The Morgan fingerprint density at radius 3 is 2.58 bits per heavy atom. The first-order valence-electron chi connectivity index (χ1n) is 11.2. The van der Waals surface area contributed by atoms with E-state index in [0.717, 1.165) is 10.0 Å². The molecular formula is C27H20BrFN2O4S. The van der Waals surface area contributed by atoms with Crippen molar-refractivity contribution in [1.29, 1.82) is 0 Å². The van der Waals surface area contributed by atoms with Gasteiger partial charge in [-0.15, -0.1) is 0 Å². The summed E-state index contributed by atoms with van der Waals surface area (Å²) in [5.41, 5.74) is 1.86. The molecule has 9 heteroatoms. The molecular weight excluding hydrogens is 547 g/mol. The molecule has 1 atom stereocenters. The number of carbonyl (C=O) groups excluding carboxylic acids is 1. The quantitative estimate of drug-likeness (QED) is 0.320. The summed E-state index contributed by atoms with van der Waals surface area (Å²) in [6.07, 6.45) is 1.66. The second kappa shape index (κ2) is 9.83. The molecule has 0 aliphatic carbocycles.